The third-order valence-corrected chi connectivity index (χ3v) is 4.86. The van der Waals surface area contributed by atoms with Gasteiger partial charge in [0.15, 0.2) is 5.82 Å². The predicted molar refractivity (Wildman–Crippen MR) is 111 cm³/mol. The highest BCUT2D eigenvalue weighted by atomic mass is 35.5. The Labute approximate surface area is 163 Å². The van der Waals surface area contributed by atoms with E-state index in [4.69, 9.17) is 11.6 Å². The lowest BCUT2D eigenvalue weighted by molar-refractivity contribution is 0.936. The number of pyridine rings is 1. The lowest BCUT2D eigenvalue weighted by atomic mass is 10.0. The molecule has 134 valence electrons. The molecule has 0 aliphatic carbocycles. The van der Waals surface area contributed by atoms with Crippen molar-refractivity contribution in [2.24, 2.45) is 0 Å². The highest BCUT2D eigenvalue weighted by molar-refractivity contribution is 6.30. The SMILES string of the molecule is Cc1cc(Cc2nnc(N(C)c3ccc(Cl)cc3)c3ccccc23)ccn1. The molecule has 5 heteroatoms. The number of hydrogen-bond acceptors (Lipinski definition) is 4. The van der Waals surface area contributed by atoms with Crippen LogP contribution < -0.4 is 4.90 Å². The fourth-order valence-electron chi connectivity index (χ4n) is 3.22. The van der Waals surface area contributed by atoms with Crippen LogP contribution in [0.15, 0.2) is 66.9 Å². The molecule has 2 aromatic heterocycles. The van der Waals surface area contributed by atoms with Crippen LogP contribution in [0.1, 0.15) is 17.0 Å². The number of benzene rings is 2. The second-order valence-corrected chi connectivity index (χ2v) is 6.97. The van der Waals surface area contributed by atoms with Gasteiger partial charge in [-0.3, -0.25) is 4.98 Å². The number of aromatic nitrogens is 3. The molecule has 0 fully saturated rings. The van der Waals surface area contributed by atoms with E-state index in [9.17, 15) is 0 Å². The average molecular weight is 375 g/mol. The monoisotopic (exact) mass is 374 g/mol. The van der Waals surface area contributed by atoms with Crippen LogP contribution in [0, 0.1) is 6.92 Å². The van der Waals surface area contributed by atoms with Crippen LogP contribution in [0.4, 0.5) is 11.5 Å². The fraction of sp³-hybridized carbons (Fsp3) is 0.136. The Kier molecular flexibility index (Phi) is 4.73. The first-order valence-electron chi connectivity index (χ1n) is 8.77. The summed E-state index contributed by atoms with van der Waals surface area (Å²) in [5.74, 6) is 0.822. The Bertz CT molecular complexity index is 1090. The Balaban J connectivity index is 1.77. The minimum atomic E-state index is 0.714. The van der Waals surface area contributed by atoms with Gasteiger partial charge in [-0.2, -0.15) is 5.10 Å². The van der Waals surface area contributed by atoms with Gasteiger partial charge in [0.25, 0.3) is 0 Å². The van der Waals surface area contributed by atoms with Gasteiger partial charge >= 0.3 is 0 Å². The van der Waals surface area contributed by atoms with E-state index >= 15 is 0 Å². The van der Waals surface area contributed by atoms with E-state index in [2.05, 4.69) is 33.4 Å². The maximum absolute atomic E-state index is 6.02. The van der Waals surface area contributed by atoms with Gasteiger partial charge in [0.2, 0.25) is 0 Å². The van der Waals surface area contributed by atoms with Gasteiger partial charge in [-0.1, -0.05) is 35.9 Å². The van der Waals surface area contributed by atoms with Crippen molar-refractivity contribution in [3.63, 3.8) is 0 Å². The fourth-order valence-corrected chi connectivity index (χ4v) is 3.34. The van der Waals surface area contributed by atoms with Gasteiger partial charge in [0.05, 0.1) is 5.69 Å². The lowest BCUT2D eigenvalue weighted by Gasteiger charge is -2.20. The molecule has 0 saturated heterocycles. The summed E-state index contributed by atoms with van der Waals surface area (Å²) < 4.78 is 0. The molecule has 4 nitrogen and oxygen atoms in total. The topological polar surface area (TPSA) is 41.9 Å². The molecular formula is C22H19ClN4. The highest BCUT2D eigenvalue weighted by Crippen LogP contribution is 2.31. The third-order valence-electron chi connectivity index (χ3n) is 4.61. The van der Waals surface area contributed by atoms with E-state index in [1.165, 1.54) is 5.56 Å². The van der Waals surface area contributed by atoms with Crippen LogP contribution in [-0.2, 0) is 6.42 Å². The Morgan fingerprint density at radius 1 is 0.926 bits per heavy atom. The van der Waals surface area contributed by atoms with E-state index in [-0.39, 0.29) is 0 Å². The zero-order chi connectivity index (χ0) is 18.8. The van der Waals surface area contributed by atoms with Gasteiger partial charge in [-0.25, -0.2) is 0 Å². The smallest absolute Gasteiger partial charge is 0.163 e. The summed E-state index contributed by atoms with van der Waals surface area (Å²) in [4.78, 5) is 6.30. The molecule has 2 heterocycles. The van der Waals surface area contributed by atoms with Crippen molar-refractivity contribution in [2.45, 2.75) is 13.3 Å². The molecule has 0 saturated carbocycles. The molecule has 4 aromatic rings. The molecule has 0 aliphatic rings. The van der Waals surface area contributed by atoms with E-state index in [1.54, 1.807) is 0 Å². The number of rotatable bonds is 4. The maximum atomic E-state index is 6.02. The van der Waals surface area contributed by atoms with Crippen molar-refractivity contribution < 1.29 is 0 Å². The summed E-state index contributed by atoms with van der Waals surface area (Å²) in [6, 6.07) is 20.1. The van der Waals surface area contributed by atoms with E-state index in [1.807, 2.05) is 67.5 Å². The normalized spacial score (nSPS) is 10.9. The summed E-state index contributed by atoms with van der Waals surface area (Å²) in [5, 5.41) is 12.0. The zero-order valence-electron chi connectivity index (χ0n) is 15.2. The van der Waals surface area contributed by atoms with Crippen LogP contribution >= 0.6 is 11.6 Å². The summed E-state index contributed by atoms with van der Waals surface area (Å²) in [5.41, 5.74) is 4.16. The molecule has 0 bridgehead atoms. The number of anilines is 2. The molecule has 0 unspecified atom stereocenters. The first kappa shape index (κ1) is 17.4. The summed E-state index contributed by atoms with van der Waals surface area (Å²) in [7, 11) is 1.99. The number of hydrogen-bond donors (Lipinski definition) is 0. The maximum Gasteiger partial charge on any atom is 0.163 e. The van der Waals surface area contributed by atoms with Crippen LogP contribution in [0.2, 0.25) is 5.02 Å². The summed E-state index contributed by atoms with van der Waals surface area (Å²) >= 11 is 6.02. The summed E-state index contributed by atoms with van der Waals surface area (Å²) in [6.45, 7) is 2.00. The molecule has 0 atom stereocenters. The molecule has 2 aromatic carbocycles. The third kappa shape index (κ3) is 3.62. The second kappa shape index (κ2) is 7.33. The van der Waals surface area contributed by atoms with Gasteiger partial charge < -0.3 is 4.90 Å². The van der Waals surface area contributed by atoms with E-state index in [0.717, 1.165) is 40.1 Å². The second-order valence-electron chi connectivity index (χ2n) is 6.53. The highest BCUT2D eigenvalue weighted by Gasteiger charge is 2.14. The van der Waals surface area contributed by atoms with Crippen molar-refractivity contribution in [3.05, 3.63) is 88.8 Å². The minimum Gasteiger partial charge on any atom is -0.327 e. The molecule has 27 heavy (non-hydrogen) atoms. The van der Waals surface area contributed by atoms with Crippen molar-refractivity contribution in [1.82, 2.24) is 15.2 Å². The van der Waals surface area contributed by atoms with E-state index < -0.39 is 0 Å². The molecule has 0 N–H and O–H groups in total. The van der Waals surface area contributed by atoms with Crippen LogP contribution in [0.5, 0.6) is 0 Å². The Morgan fingerprint density at radius 3 is 2.41 bits per heavy atom. The predicted octanol–water partition coefficient (Wildman–Crippen LogP) is 5.35. The summed E-state index contributed by atoms with van der Waals surface area (Å²) in [6.07, 6.45) is 2.56. The number of nitrogens with zero attached hydrogens (tertiary/aromatic N) is 4. The van der Waals surface area contributed by atoms with Gasteiger partial charge in [-0.15, -0.1) is 5.10 Å². The largest absolute Gasteiger partial charge is 0.327 e. The zero-order valence-corrected chi connectivity index (χ0v) is 16.0. The van der Waals surface area contributed by atoms with Gasteiger partial charge in [0, 0.05) is 46.8 Å². The lowest BCUT2D eigenvalue weighted by Crippen LogP contribution is -2.13. The quantitative estimate of drug-likeness (QED) is 0.483. The Hall–Kier alpha value is -2.98. The van der Waals surface area contributed by atoms with Crippen LogP contribution in [0.25, 0.3) is 10.8 Å². The average Bonchev–Trinajstić information content (AvgIpc) is 2.68. The molecule has 0 amide bonds. The Morgan fingerprint density at radius 2 is 1.67 bits per heavy atom. The minimum absolute atomic E-state index is 0.714. The van der Waals surface area contributed by atoms with E-state index in [0.29, 0.717) is 5.02 Å². The van der Waals surface area contributed by atoms with Crippen molar-refractivity contribution in [2.75, 3.05) is 11.9 Å². The molecule has 0 aliphatic heterocycles. The molecule has 4 rings (SSSR count). The number of halogens is 1. The van der Waals surface area contributed by atoms with Gasteiger partial charge in [-0.05, 0) is 48.9 Å². The van der Waals surface area contributed by atoms with Crippen LogP contribution in [0.3, 0.4) is 0 Å². The standard InChI is InChI=1S/C22H19ClN4/c1-15-13-16(11-12-24-15)14-21-19-5-3-4-6-20(19)22(26-25-21)27(2)18-9-7-17(23)8-10-18/h3-13H,14H2,1-2H3. The first-order valence-corrected chi connectivity index (χ1v) is 9.15. The molecule has 0 radical (unpaired) electrons. The molecular weight excluding hydrogens is 356 g/mol. The van der Waals surface area contributed by atoms with Crippen LogP contribution in [-0.4, -0.2) is 22.2 Å². The van der Waals surface area contributed by atoms with Gasteiger partial charge in [0.1, 0.15) is 0 Å². The first-order chi connectivity index (χ1) is 13.1. The van der Waals surface area contributed by atoms with Crippen molar-refractivity contribution in [1.29, 1.82) is 0 Å². The molecule has 0 spiro atoms. The van der Waals surface area contributed by atoms with Crippen molar-refractivity contribution >= 4 is 33.9 Å². The number of fused-ring (bicyclic) bond motifs is 1. The van der Waals surface area contributed by atoms with Crippen molar-refractivity contribution in [3.8, 4) is 0 Å². The number of aryl methyl sites for hydroxylation is 1.